The molecule has 0 spiro atoms. The van der Waals surface area contributed by atoms with E-state index in [4.69, 9.17) is 4.52 Å². The molecule has 0 aliphatic carbocycles. The molecule has 0 fully saturated rings. The highest BCUT2D eigenvalue weighted by Crippen LogP contribution is 2.50. The van der Waals surface area contributed by atoms with Gasteiger partial charge >= 0.3 is 5.97 Å². The predicted octanol–water partition coefficient (Wildman–Crippen LogP) is 4.33. The zero-order chi connectivity index (χ0) is 19.3. The number of aryl methyl sites for hydroxylation is 2. The van der Waals surface area contributed by atoms with E-state index in [2.05, 4.69) is 10.5 Å². The second kappa shape index (κ2) is 6.31. The lowest BCUT2D eigenvalue weighted by molar-refractivity contribution is -0.116. The minimum atomic E-state index is -1.12. The summed E-state index contributed by atoms with van der Waals surface area (Å²) >= 11 is 1.09. The number of hydrogen-bond donors (Lipinski definition) is 2. The van der Waals surface area contributed by atoms with Crippen LogP contribution < -0.4 is 5.32 Å². The van der Waals surface area contributed by atoms with Gasteiger partial charge in [0.25, 0.3) is 0 Å². The average molecular weight is 386 g/mol. The number of carboxylic acid groups (broad SMARTS) is 1. The summed E-state index contributed by atoms with van der Waals surface area (Å²) in [5, 5.41) is 16.5. The molecule has 1 aliphatic rings. The molecule has 8 heteroatoms. The fourth-order valence-corrected chi connectivity index (χ4v) is 4.81. The van der Waals surface area contributed by atoms with Crippen LogP contribution in [0.4, 0.5) is 10.1 Å². The molecule has 138 valence electrons. The number of amides is 1. The van der Waals surface area contributed by atoms with Crippen LogP contribution >= 0.6 is 11.3 Å². The van der Waals surface area contributed by atoms with Gasteiger partial charge in [-0.3, -0.25) is 4.79 Å². The number of anilines is 1. The standard InChI is InChI=1S/C19H15FN2O4S/c1-8-14(9(2)26-22-8)12-7-13(23)21-16-15(10-4-3-5-11(20)6-10)18(19(24)25)27-17(12)16/h3-6,12H,7H2,1-2H3,(H,21,23)(H,24,25)/t12-/m1/s1. The molecule has 1 atom stereocenters. The maximum Gasteiger partial charge on any atom is 0.346 e. The lowest BCUT2D eigenvalue weighted by Gasteiger charge is -2.23. The third-order valence-electron chi connectivity index (χ3n) is 4.65. The minimum Gasteiger partial charge on any atom is -0.477 e. The van der Waals surface area contributed by atoms with E-state index in [0.717, 1.165) is 16.9 Å². The maximum atomic E-state index is 13.8. The lowest BCUT2D eigenvalue weighted by atomic mass is 9.87. The van der Waals surface area contributed by atoms with Crippen LogP contribution in [-0.2, 0) is 4.79 Å². The Morgan fingerprint density at radius 1 is 1.41 bits per heavy atom. The van der Waals surface area contributed by atoms with Gasteiger partial charge in [-0.25, -0.2) is 9.18 Å². The van der Waals surface area contributed by atoms with Crippen LogP contribution in [0.15, 0.2) is 28.8 Å². The molecule has 0 radical (unpaired) electrons. The molecule has 3 heterocycles. The van der Waals surface area contributed by atoms with Gasteiger partial charge in [0.15, 0.2) is 0 Å². The zero-order valence-electron chi connectivity index (χ0n) is 14.5. The number of rotatable bonds is 3. The average Bonchev–Trinajstić information content (AvgIpc) is 3.14. The molecule has 2 N–H and O–H groups in total. The van der Waals surface area contributed by atoms with Crippen LogP contribution in [0.25, 0.3) is 11.1 Å². The highest BCUT2D eigenvalue weighted by Gasteiger charge is 2.36. The summed E-state index contributed by atoms with van der Waals surface area (Å²) in [5.74, 6) is -1.60. The topological polar surface area (TPSA) is 92.4 Å². The first-order chi connectivity index (χ1) is 12.9. The maximum absolute atomic E-state index is 13.8. The van der Waals surface area contributed by atoms with E-state index in [1.165, 1.54) is 18.2 Å². The number of carboxylic acids is 1. The lowest BCUT2D eigenvalue weighted by Crippen LogP contribution is -2.23. The first kappa shape index (κ1) is 17.4. The van der Waals surface area contributed by atoms with E-state index in [0.29, 0.717) is 33.1 Å². The van der Waals surface area contributed by atoms with Gasteiger partial charge in [0.2, 0.25) is 5.91 Å². The third-order valence-corrected chi connectivity index (χ3v) is 5.94. The summed E-state index contributed by atoms with van der Waals surface area (Å²) in [6, 6.07) is 5.69. The fourth-order valence-electron chi connectivity index (χ4n) is 3.58. The number of benzene rings is 1. The van der Waals surface area contributed by atoms with Crippen LogP contribution in [-0.4, -0.2) is 22.1 Å². The minimum absolute atomic E-state index is 0.0598. The van der Waals surface area contributed by atoms with Gasteiger partial charge < -0.3 is 14.9 Å². The first-order valence-electron chi connectivity index (χ1n) is 8.25. The van der Waals surface area contributed by atoms with E-state index < -0.39 is 11.8 Å². The number of nitrogens with one attached hydrogen (secondary N) is 1. The largest absolute Gasteiger partial charge is 0.477 e. The normalized spacial score (nSPS) is 16.1. The van der Waals surface area contributed by atoms with Gasteiger partial charge in [-0.05, 0) is 31.5 Å². The van der Waals surface area contributed by atoms with E-state index in [-0.39, 0.29) is 23.1 Å². The first-order valence-corrected chi connectivity index (χ1v) is 9.07. The van der Waals surface area contributed by atoms with Crippen molar-refractivity contribution in [3.05, 3.63) is 56.9 Å². The fraction of sp³-hybridized carbons (Fsp3) is 0.211. The molecular weight excluding hydrogens is 371 g/mol. The number of fused-ring (bicyclic) bond motifs is 1. The van der Waals surface area contributed by atoms with Gasteiger partial charge in [-0.15, -0.1) is 11.3 Å². The van der Waals surface area contributed by atoms with Crippen molar-refractivity contribution in [2.24, 2.45) is 0 Å². The van der Waals surface area contributed by atoms with Gasteiger partial charge in [-0.2, -0.15) is 0 Å². The van der Waals surface area contributed by atoms with Crippen LogP contribution in [0.2, 0.25) is 0 Å². The van der Waals surface area contributed by atoms with Crippen molar-refractivity contribution in [2.75, 3.05) is 5.32 Å². The molecule has 4 rings (SSSR count). The monoisotopic (exact) mass is 386 g/mol. The molecule has 1 aliphatic heterocycles. The molecule has 0 bridgehead atoms. The summed E-state index contributed by atoms with van der Waals surface area (Å²) in [4.78, 5) is 25.1. The molecule has 0 saturated heterocycles. The number of thiophene rings is 1. The Kier molecular flexibility index (Phi) is 4.07. The SMILES string of the molecule is Cc1noc(C)c1[C@H]1CC(=O)Nc2c1sc(C(=O)O)c2-c1cccc(F)c1. The van der Waals surface area contributed by atoms with Crippen molar-refractivity contribution < 1.29 is 23.6 Å². The van der Waals surface area contributed by atoms with E-state index >= 15 is 0 Å². The zero-order valence-corrected chi connectivity index (χ0v) is 15.3. The number of aromatic carboxylic acids is 1. The summed E-state index contributed by atoms with van der Waals surface area (Å²) < 4.78 is 19.0. The Bertz CT molecular complexity index is 1070. The van der Waals surface area contributed by atoms with Crippen LogP contribution in [0.5, 0.6) is 0 Å². The van der Waals surface area contributed by atoms with Crippen molar-refractivity contribution in [3.63, 3.8) is 0 Å². The quantitative estimate of drug-likeness (QED) is 0.699. The van der Waals surface area contributed by atoms with Gasteiger partial charge in [0.1, 0.15) is 16.5 Å². The van der Waals surface area contributed by atoms with Crippen molar-refractivity contribution in [2.45, 2.75) is 26.2 Å². The highest BCUT2D eigenvalue weighted by molar-refractivity contribution is 7.15. The molecular formula is C19H15FN2O4S. The molecule has 1 amide bonds. The Morgan fingerprint density at radius 2 is 2.19 bits per heavy atom. The number of aromatic nitrogens is 1. The molecule has 1 aromatic carbocycles. The Hall–Kier alpha value is -3.00. The smallest absolute Gasteiger partial charge is 0.346 e. The molecule has 27 heavy (non-hydrogen) atoms. The molecule has 2 aromatic heterocycles. The molecule has 0 unspecified atom stereocenters. The van der Waals surface area contributed by atoms with Gasteiger partial charge in [0, 0.05) is 28.3 Å². The Balaban J connectivity index is 1.99. The number of halogens is 1. The van der Waals surface area contributed by atoms with Crippen LogP contribution in [0, 0.1) is 19.7 Å². The van der Waals surface area contributed by atoms with Crippen LogP contribution in [0.3, 0.4) is 0 Å². The van der Waals surface area contributed by atoms with Gasteiger partial charge in [-0.1, -0.05) is 17.3 Å². The number of nitrogens with zero attached hydrogens (tertiary/aromatic N) is 1. The summed E-state index contributed by atoms with van der Waals surface area (Å²) in [6.07, 6.45) is 0.165. The number of carbonyl (C=O) groups is 2. The Morgan fingerprint density at radius 3 is 2.81 bits per heavy atom. The second-order valence-corrected chi connectivity index (χ2v) is 7.46. The van der Waals surface area contributed by atoms with Crippen molar-refractivity contribution >= 4 is 28.9 Å². The van der Waals surface area contributed by atoms with Crippen LogP contribution in [0.1, 0.15) is 43.9 Å². The summed E-state index contributed by atoms with van der Waals surface area (Å²) in [5.41, 5.74) is 2.60. The third kappa shape index (κ3) is 2.82. The Labute approximate surface area is 157 Å². The second-order valence-electron chi connectivity index (χ2n) is 6.40. The molecule has 6 nitrogen and oxygen atoms in total. The summed E-state index contributed by atoms with van der Waals surface area (Å²) in [6.45, 7) is 3.55. The van der Waals surface area contributed by atoms with Gasteiger partial charge in [0.05, 0.1) is 11.4 Å². The van der Waals surface area contributed by atoms with E-state index in [9.17, 15) is 19.1 Å². The van der Waals surface area contributed by atoms with E-state index in [1.54, 1.807) is 19.9 Å². The highest BCUT2D eigenvalue weighted by atomic mass is 32.1. The number of hydrogen-bond acceptors (Lipinski definition) is 5. The summed E-state index contributed by atoms with van der Waals surface area (Å²) in [7, 11) is 0. The van der Waals surface area contributed by atoms with Crippen molar-refractivity contribution in [1.82, 2.24) is 5.16 Å². The van der Waals surface area contributed by atoms with E-state index in [1.807, 2.05) is 0 Å². The molecule has 3 aromatic rings. The molecule has 0 saturated carbocycles. The number of carbonyl (C=O) groups excluding carboxylic acids is 1. The van der Waals surface area contributed by atoms with Crippen molar-refractivity contribution in [3.8, 4) is 11.1 Å². The predicted molar refractivity (Wildman–Crippen MR) is 97.7 cm³/mol. The van der Waals surface area contributed by atoms with Crippen molar-refractivity contribution in [1.29, 1.82) is 0 Å².